The number of nitrogens with one attached hydrogen (secondary N) is 1. The second-order valence-electron chi connectivity index (χ2n) is 7.08. The fourth-order valence-electron chi connectivity index (χ4n) is 3.79. The molecule has 1 saturated heterocycles. The Kier molecular flexibility index (Phi) is 14.4. The number of hydrogen-bond acceptors (Lipinski definition) is 1. The van der Waals surface area contributed by atoms with Gasteiger partial charge in [0, 0.05) is 0 Å². The molecule has 1 fully saturated rings. The van der Waals surface area contributed by atoms with Crippen molar-refractivity contribution in [3.63, 3.8) is 0 Å². The van der Waals surface area contributed by atoms with E-state index < -0.39 is 0 Å². The third-order valence-electron chi connectivity index (χ3n) is 5.29. The van der Waals surface area contributed by atoms with Crippen LogP contribution < -0.4 is 5.32 Å². The Morgan fingerprint density at radius 2 is 1.10 bits per heavy atom. The van der Waals surface area contributed by atoms with E-state index in [9.17, 15) is 0 Å². The second kappa shape index (κ2) is 14.1. The molecular weight excluding hydrogens is 322 g/mol. The van der Waals surface area contributed by atoms with Crippen molar-refractivity contribution < 1.29 is 0 Å². The van der Waals surface area contributed by atoms with Gasteiger partial charge in [-0.3, -0.25) is 0 Å². The third kappa shape index (κ3) is 9.94. The van der Waals surface area contributed by atoms with E-state index >= 15 is 0 Å². The molecular formula is C19H40BrN. The predicted octanol–water partition coefficient (Wildman–Crippen LogP) is 6.66. The van der Waals surface area contributed by atoms with Crippen molar-refractivity contribution >= 4 is 17.0 Å². The maximum absolute atomic E-state index is 3.56. The SMILES string of the molecule is Br.CCCCCCCC1(CCCCCCC)CCNCC1. The lowest BCUT2D eigenvalue weighted by Gasteiger charge is -2.38. The molecule has 1 aliphatic heterocycles. The van der Waals surface area contributed by atoms with Crippen LogP contribution in [0.1, 0.15) is 104 Å². The van der Waals surface area contributed by atoms with Crippen LogP contribution in [0.2, 0.25) is 0 Å². The highest BCUT2D eigenvalue weighted by atomic mass is 79.9. The Hall–Kier alpha value is 0.440. The molecule has 128 valence electrons. The van der Waals surface area contributed by atoms with Gasteiger partial charge in [0.2, 0.25) is 0 Å². The van der Waals surface area contributed by atoms with Crippen molar-refractivity contribution in [1.82, 2.24) is 5.32 Å². The standard InChI is InChI=1S/C19H39N.BrH/c1-3-5-7-9-11-13-19(15-17-20-18-16-19)14-12-10-8-6-4-2;/h20H,3-18H2,1-2H3;1H. The molecule has 0 aromatic carbocycles. The number of piperidine rings is 1. The fourth-order valence-corrected chi connectivity index (χ4v) is 3.79. The van der Waals surface area contributed by atoms with E-state index in [0.717, 1.165) is 0 Å². The molecule has 0 bridgehead atoms. The Labute approximate surface area is 144 Å². The van der Waals surface area contributed by atoms with Gasteiger partial charge in [-0.15, -0.1) is 17.0 Å². The Morgan fingerprint density at radius 1 is 0.667 bits per heavy atom. The van der Waals surface area contributed by atoms with Crippen LogP contribution in [0.25, 0.3) is 0 Å². The molecule has 0 amide bonds. The molecule has 2 heteroatoms. The van der Waals surface area contributed by atoms with E-state index in [2.05, 4.69) is 19.2 Å². The summed E-state index contributed by atoms with van der Waals surface area (Å²) in [5, 5.41) is 3.56. The number of halogens is 1. The van der Waals surface area contributed by atoms with Gasteiger partial charge in [-0.1, -0.05) is 78.1 Å². The summed E-state index contributed by atoms with van der Waals surface area (Å²) in [4.78, 5) is 0. The van der Waals surface area contributed by atoms with Gasteiger partial charge in [-0.05, 0) is 44.2 Å². The van der Waals surface area contributed by atoms with Gasteiger partial charge >= 0.3 is 0 Å². The van der Waals surface area contributed by atoms with Crippen molar-refractivity contribution in [2.45, 2.75) is 104 Å². The fraction of sp³-hybridized carbons (Fsp3) is 1.00. The number of rotatable bonds is 12. The maximum atomic E-state index is 3.56. The van der Waals surface area contributed by atoms with Crippen LogP contribution in [0.3, 0.4) is 0 Å². The van der Waals surface area contributed by atoms with Crippen LogP contribution in [-0.2, 0) is 0 Å². The highest BCUT2D eigenvalue weighted by Gasteiger charge is 2.30. The largest absolute Gasteiger partial charge is 0.317 e. The lowest BCUT2D eigenvalue weighted by atomic mass is 9.71. The van der Waals surface area contributed by atoms with E-state index in [1.54, 1.807) is 0 Å². The van der Waals surface area contributed by atoms with Crippen LogP contribution in [0.4, 0.5) is 0 Å². The molecule has 1 N–H and O–H groups in total. The van der Waals surface area contributed by atoms with E-state index in [1.807, 2.05) is 0 Å². The molecule has 0 radical (unpaired) electrons. The molecule has 0 spiro atoms. The minimum Gasteiger partial charge on any atom is -0.317 e. The zero-order chi connectivity index (χ0) is 14.5. The van der Waals surface area contributed by atoms with Crippen molar-refractivity contribution in [3.05, 3.63) is 0 Å². The first-order chi connectivity index (χ1) is 9.83. The smallest absolute Gasteiger partial charge is 0.00436 e. The topological polar surface area (TPSA) is 12.0 Å². The Bertz CT molecular complexity index is 196. The van der Waals surface area contributed by atoms with Crippen LogP contribution in [0, 0.1) is 5.41 Å². The summed E-state index contributed by atoms with van der Waals surface area (Å²) in [6.07, 6.45) is 20.3. The number of hydrogen-bond donors (Lipinski definition) is 1. The molecule has 0 aromatic rings. The lowest BCUT2D eigenvalue weighted by molar-refractivity contribution is 0.157. The zero-order valence-electron chi connectivity index (χ0n) is 14.7. The highest BCUT2D eigenvalue weighted by molar-refractivity contribution is 8.93. The van der Waals surface area contributed by atoms with Gasteiger partial charge < -0.3 is 5.32 Å². The van der Waals surface area contributed by atoms with Crippen LogP contribution in [-0.4, -0.2) is 13.1 Å². The van der Waals surface area contributed by atoms with Crippen molar-refractivity contribution in [2.24, 2.45) is 5.41 Å². The van der Waals surface area contributed by atoms with Gasteiger partial charge in [-0.25, -0.2) is 0 Å². The van der Waals surface area contributed by atoms with Gasteiger partial charge in [0.1, 0.15) is 0 Å². The van der Waals surface area contributed by atoms with Crippen LogP contribution in [0.15, 0.2) is 0 Å². The second-order valence-corrected chi connectivity index (χ2v) is 7.08. The average molecular weight is 362 g/mol. The normalized spacial score (nSPS) is 17.4. The summed E-state index contributed by atoms with van der Waals surface area (Å²) >= 11 is 0. The third-order valence-corrected chi connectivity index (χ3v) is 5.29. The molecule has 0 unspecified atom stereocenters. The Morgan fingerprint density at radius 3 is 1.52 bits per heavy atom. The summed E-state index contributed by atoms with van der Waals surface area (Å²) in [5.41, 5.74) is 0.712. The molecule has 0 saturated carbocycles. The highest BCUT2D eigenvalue weighted by Crippen LogP contribution is 2.39. The zero-order valence-corrected chi connectivity index (χ0v) is 16.4. The van der Waals surface area contributed by atoms with Crippen molar-refractivity contribution in [3.8, 4) is 0 Å². The molecule has 1 aliphatic rings. The predicted molar refractivity (Wildman–Crippen MR) is 102 cm³/mol. The first kappa shape index (κ1) is 21.4. The van der Waals surface area contributed by atoms with Crippen LogP contribution in [0.5, 0.6) is 0 Å². The van der Waals surface area contributed by atoms with Gasteiger partial charge in [0.05, 0.1) is 0 Å². The van der Waals surface area contributed by atoms with Gasteiger partial charge in [-0.2, -0.15) is 0 Å². The molecule has 1 nitrogen and oxygen atoms in total. The molecule has 21 heavy (non-hydrogen) atoms. The van der Waals surface area contributed by atoms with Gasteiger partial charge in [0.15, 0.2) is 0 Å². The van der Waals surface area contributed by atoms with Gasteiger partial charge in [0.25, 0.3) is 0 Å². The van der Waals surface area contributed by atoms with E-state index in [1.165, 1.54) is 103 Å². The van der Waals surface area contributed by atoms with E-state index in [-0.39, 0.29) is 17.0 Å². The first-order valence-corrected chi connectivity index (χ1v) is 9.54. The molecule has 1 heterocycles. The Balaban J connectivity index is 0.00000400. The molecule has 1 rings (SSSR count). The molecule has 0 atom stereocenters. The summed E-state index contributed by atoms with van der Waals surface area (Å²) in [7, 11) is 0. The van der Waals surface area contributed by atoms with E-state index in [4.69, 9.17) is 0 Å². The monoisotopic (exact) mass is 361 g/mol. The van der Waals surface area contributed by atoms with Crippen molar-refractivity contribution in [2.75, 3.05) is 13.1 Å². The molecule has 0 aliphatic carbocycles. The van der Waals surface area contributed by atoms with E-state index in [0.29, 0.717) is 5.41 Å². The minimum absolute atomic E-state index is 0. The quantitative estimate of drug-likeness (QED) is 0.383. The van der Waals surface area contributed by atoms with Crippen LogP contribution >= 0.6 is 17.0 Å². The minimum atomic E-state index is 0. The number of unbranched alkanes of at least 4 members (excludes halogenated alkanes) is 8. The maximum Gasteiger partial charge on any atom is -0.00436 e. The lowest BCUT2D eigenvalue weighted by Crippen LogP contribution is -2.36. The summed E-state index contributed by atoms with van der Waals surface area (Å²) in [6.45, 7) is 7.16. The summed E-state index contributed by atoms with van der Waals surface area (Å²) in [6, 6.07) is 0. The van der Waals surface area contributed by atoms with Crippen molar-refractivity contribution in [1.29, 1.82) is 0 Å². The summed E-state index contributed by atoms with van der Waals surface area (Å²) < 4.78 is 0. The first-order valence-electron chi connectivity index (χ1n) is 9.54. The molecule has 0 aromatic heterocycles. The average Bonchev–Trinajstić information content (AvgIpc) is 2.48. The summed E-state index contributed by atoms with van der Waals surface area (Å²) in [5.74, 6) is 0.